The minimum absolute atomic E-state index is 0.468. The SMILES string of the molecule is Cc1cccc(CN2CCC(c3nn(CCN)c4ncccc34)C2)c1. The van der Waals surface area contributed by atoms with Gasteiger partial charge < -0.3 is 5.73 Å². The highest BCUT2D eigenvalue weighted by atomic mass is 15.3. The van der Waals surface area contributed by atoms with Crippen LogP contribution in [0.3, 0.4) is 0 Å². The minimum Gasteiger partial charge on any atom is -0.329 e. The molecule has 2 N–H and O–H groups in total. The van der Waals surface area contributed by atoms with Crippen LogP contribution >= 0.6 is 0 Å². The molecule has 25 heavy (non-hydrogen) atoms. The summed E-state index contributed by atoms with van der Waals surface area (Å²) in [5.74, 6) is 0.468. The van der Waals surface area contributed by atoms with Crippen LogP contribution in [0, 0.1) is 6.92 Å². The van der Waals surface area contributed by atoms with E-state index < -0.39 is 0 Å². The van der Waals surface area contributed by atoms with Gasteiger partial charge in [0.2, 0.25) is 0 Å². The fraction of sp³-hybridized carbons (Fsp3) is 0.400. The third kappa shape index (κ3) is 3.30. The highest BCUT2D eigenvalue weighted by Crippen LogP contribution is 2.31. The molecule has 1 unspecified atom stereocenters. The molecule has 5 nitrogen and oxygen atoms in total. The van der Waals surface area contributed by atoms with Crippen molar-refractivity contribution in [1.82, 2.24) is 19.7 Å². The van der Waals surface area contributed by atoms with Gasteiger partial charge in [0.25, 0.3) is 0 Å². The Morgan fingerprint density at radius 3 is 3.00 bits per heavy atom. The van der Waals surface area contributed by atoms with Crippen molar-refractivity contribution >= 4 is 11.0 Å². The number of nitrogens with zero attached hydrogens (tertiary/aromatic N) is 4. The lowest BCUT2D eigenvalue weighted by molar-refractivity contribution is 0.326. The summed E-state index contributed by atoms with van der Waals surface area (Å²) >= 11 is 0. The molecule has 130 valence electrons. The van der Waals surface area contributed by atoms with Crippen molar-refractivity contribution < 1.29 is 0 Å². The molecule has 1 aliphatic rings. The summed E-state index contributed by atoms with van der Waals surface area (Å²) in [7, 11) is 0. The van der Waals surface area contributed by atoms with E-state index in [1.165, 1.54) is 22.2 Å². The number of aryl methyl sites for hydroxylation is 1. The Kier molecular flexibility index (Phi) is 4.51. The monoisotopic (exact) mass is 335 g/mol. The zero-order valence-corrected chi connectivity index (χ0v) is 14.7. The summed E-state index contributed by atoms with van der Waals surface area (Å²) in [6, 6.07) is 12.9. The summed E-state index contributed by atoms with van der Waals surface area (Å²) in [6.45, 7) is 6.63. The van der Waals surface area contributed by atoms with Crippen molar-refractivity contribution in [2.75, 3.05) is 19.6 Å². The number of aromatic nitrogens is 3. The maximum Gasteiger partial charge on any atom is 0.158 e. The second kappa shape index (κ2) is 6.94. The molecule has 0 bridgehead atoms. The van der Waals surface area contributed by atoms with E-state index in [0.717, 1.165) is 31.7 Å². The van der Waals surface area contributed by atoms with Crippen molar-refractivity contribution in [3.63, 3.8) is 0 Å². The number of rotatable bonds is 5. The first-order valence-electron chi connectivity index (χ1n) is 9.04. The van der Waals surface area contributed by atoms with Crippen molar-refractivity contribution in [2.24, 2.45) is 5.73 Å². The molecule has 5 heteroatoms. The van der Waals surface area contributed by atoms with E-state index in [1.54, 1.807) is 0 Å². The van der Waals surface area contributed by atoms with Crippen molar-refractivity contribution in [3.05, 3.63) is 59.4 Å². The first-order chi connectivity index (χ1) is 12.2. The van der Waals surface area contributed by atoms with Gasteiger partial charge in [-0.2, -0.15) is 5.10 Å². The van der Waals surface area contributed by atoms with Gasteiger partial charge in [0.15, 0.2) is 5.65 Å². The summed E-state index contributed by atoms with van der Waals surface area (Å²) in [5, 5.41) is 6.04. The Bertz CT molecular complexity index is 869. The van der Waals surface area contributed by atoms with Crippen LogP contribution in [0.2, 0.25) is 0 Å². The summed E-state index contributed by atoms with van der Waals surface area (Å²) in [6.07, 6.45) is 2.98. The largest absolute Gasteiger partial charge is 0.329 e. The second-order valence-corrected chi connectivity index (χ2v) is 6.98. The molecule has 2 aromatic heterocycles. The number of pyridine rings is 1. The molecule has 3 heterocycles. The maximum absolute atomic E-state index is 5.74. The molecular weight excluding hydrogens is 310 g/mol. The van der Waals surface area contributed by atoms with E-state index in [2.05, 4.69) is 47.1 Å². The fourth-order valence-electron chi connectivity index (χ4n) is 3.88. The van der Waals surface area contributed by atoms with Crippen LogP contribution in [0.15, 0.2) is 42.6 Å². The molecule has 1 atom stereocenters. The van der Waals surface area contributed by atoms with Crippen molar-refractivity contribution in [2.45, 2.75) is 32.4 Å². The Morgan fingerprint density at radius 1 is 1.24 bits per heavy atom. The van der Waals surface area contributed by atoms with Crippen LogP contribution in [0.25, 0.3) is 11.0 Å². The number of nitrogens with two attached hydrogens (primary N) is 1. The normalized spacial score (nSPS) is 18.2. The van der Waals surface area contributed by atoms with Crippen molar-refractivity contribution in [1.29, 1.82) is 0 Å². The molecule has 0 spiro atoms. The van der Waals surface area contributed by atoms with Gasteiger partial charge in [-0.25, -0.2) is 9.67 Å². The molecule has 3 aromatic rings. The molecule has 0 amide bonds. The third-order valence-electron chi connectivity index (χ3n) is 5.02. The van der Waals surface area contributed by atoms with Crippen LogP contribution in [0.1, 0.15) is 29.2 Å². The molecule has 0 radical (unpaired) electrons. The fourth-order valence-corrected chi connectivity index (χ4v) is 3.88. The van der Waals surface area contributed by atoms with Gasteiger partial charge in [-0.05, 0) is 37.6 Å². The highest BCUT2D eigenvalue weighted by Gasteiger charge is 2.28. The second-order valence-electron chi connectivity index (χ2n) is 6.98. The van der Waals surface area contributed by atoms with Gasteiger partial charge in [0.05, 0.1) is 12.2 Å². The summed E-state index contributed by atoms with van der Waals surface area (Å²) < 4.78 is 1.97. The van der Waals surface area contributed by atoms with E-state index in [0.29, 0.717) is 19.0 Å². The molecule has 0 saturated carbocycles. The summed E-state index contributed by atoms with van der Waals surface area (Å²) in [4.78, 5) is 7.05. The number of hydrogen-bond donors (Lipinski definition) is 1. The standard InChI is InChI=1S/C20H25N5/c1-15-4-2-5-16(12-15)13-24-10-7-17(14-24)19-18-6-3-9-22-20(18)25(23-19)11-8-21/h2-6,9,12,17H,7-8,10-11,13-14,21H2,1H3. The Balaban J connectivity index is 1.54. The van der Waals surface area contributed by atoms with Crippen molar-refractivity contribution in [3.8, 4) is 0 Å². The lowest BCUT2D eigenvalue weighted by atomic mass is 10.0. The number of fused-ring (bicyclic) bond motifs is 1. The molecule has 0 aliphatic carbocycles. The van der Waals surface area contributed by atoms with Crippen LogP contribution in [0.5, 0.6) is 0 Å². The molecule has 1 saturated heterocycles. The average Bonchev–Trinajstić information content (AvgIpc) is 3.20. The molecule has 1 aromatic carbocycles. The maximum atomic E-state index is 5.74. The summed E-state index contributed by atoms with van der Waals surface area (Å²) in [5.41, 5.74) is 10.6. The number of likely N-dealkylation sites (tertiary alicyclic amines) is 1. The molecular formula is C20H25N5. The zero-order valence-electron chi connectivity index (χ0n) is 14.7. The van der Waals surface area contributed by atoms with Gasteiger partial charge in [-0.3, -0.25) is 4.90 Å². The predicted molar refractivity (Wildman–Crippen MR) is 100 cm³/mol. The van der Waals surface area contributed by atoms with Crippen LogP contribution < -0.4 is 5.73 Å². The predicted octanol–water partition coefficient (Wildman–Crippen LogP) is 2.69. The topological polar surface area (TPSA) is 60.0 Å². The smallest absolute Gasteiger partial charge is 0.158 e. The van der Waals surface area contributed by atoms with Gasteiger partial charge in [0.1, 0.15) is 0 Å². The van der Waals surface area contributed by atoms with E-state index in [1.807, 2.05) is 16.9 Å². The lowest BCUT2D eigenvalue weighted by Gasteiger charge is -2.16. The van der Waals surface area contributed by atoms with Crippen LogP contribution in [0.4, 0.5) is 0 Å². The van der Waals surface area contributed by atoms with E-state index >= 15 is 0 Å². The first-order valence-corrected chi connectivity index (χ1v) is 9.04. The van der Waals surface area contributed by atoms with Gasteiger partial charge >= 0.3 is 0 Å². The first kappa shape index (κ1) is 16.2. The van der Waals surface area contributed by atoms with Gasteiger partial charge in [-0.1, -0.05) is 29.8 Å². The zero-order chi connectivity index (χ0) is 17.2. The Morgan fingerprint density at radius 2 is 2.16 bits per heavy atom. The Hall–Kier alpha value is -2.24. The highest BCUT2D eigenvalue weighted by molar-refractivity contribution is 5.78. The number of benzene rings is 1. The van der Waals surface area contributed by atoms with E-state index in [4.69, 9.17) is 10.8 Å². The minimum atomic E-state index is 0.468. The number of hydrogen-bond acceptors (Lipinski definition) is 4. The van der Waals surface area contributed by atoms with E-state index in [9.17, 15) is 0 Å². The van der Waals surface area contributed by atoms with Crippen LogP contribution in [-0.2, 0) is 13.1 Å². The van der Waals surface area contributed by atoms with Gasteiger partial charge in [0, 0.05) is 37.1 Å². The average molecular weight is 335 g/mol. The molecule has 4 rings (SSSR count). The van der Waals surface area contributed by atoms with E-state index in [-0.39, 0.29) is 0 Å². The lowest BCUT2D eigenvalue weighted by Crippen LogP contribution is -2.20. The molecule has 1 aliphatic heterocycles. The van der Waals surface area contributed by atoms with Gasteiger partial charge in [-0.15, -0.1) is 0 Å². The molecule has 1 fully saturated rings. The van der Waals surface area contributed by atoms with Crippen LogP contribution in [-0.4, -0.2) is 39.3 Å². The quantitative estimate of drug-likeness (QED) is 0.779. The Labute approximate surface area is 148 Å². The third-order valence-corrected chi connectivity index (χ3v) is 5.02.